The first-order chi connectivity index (χ1) is 9.42. The Hall–Kier alpha value is -1.30. The Morgan fingerprint density at radius 3 is 2.70 bits per heavy atom. The molecule has 1 fully saturated rings. The van der Waals surface area contributed by atoms with E-state index in [0.29, 0.717) is 25.1 Å². The number of likely N-dealkylation sites (tertiary alicyclic amines) is 1. The lowest BCUT2D eigenvalue weighted by Crippen LogP contribution is -2.53. The van der Waals surface area contributed by atoms with Gasteiger partial charge in [-0.1, -0.05) is 13.3 Å². The summed E-state index contributed by atoms with van der Waals surface area (Å²) in [4.78, 5) is 26.0. The van der Waals surface area contributed by atoms with Gasteiger partial charge >= 0.3 is 5.97 Å². The second-order valence-electron chi connectivity index (χ2n) is 5.30. The van der Waals surface area contributed by atoms with E-state index in [1.54, 1.807) is 28.8 Å². The summed E-state index contributed by atoms with van der Waals surface area (Å²) in [5.74, 6) is -1.09. The van der Waals surface area contributed by atoms with Gasteiger partial charge in [0.1, 0.15) is 11.2 Å². The number of hydrogen-bond donors (Lipinski definition) is 1. The van der Waals surface area contributed by atoms with E-state index in [9.17, 15) is 14.7 Å². The van der Waals surface area contributed by atoms with E-state index in [0.717, 1.165) is 17.3 Å². The van der Waals surface area contributed by atoms with Crippen LogP contribution in [0.3, 0.4) is 0 Å². The highest BCUT2D eigenvalue weighted by molar-refractivity contribution is 9.10. The highest BCUT2D eigenvalue weighted by Gasteiger charge is 2.49. The maximum atomic E-state index is 12.7. The molecule has 2 heterocycles. The molecular formula is C14H19BrN2O3. The Morgan fingerprint density at radius 2 is 2.20 bits per heavy atom. The summed E-state index contributed by atoms with van der Waals surface area (Å²) < 4.78 is 2.54. The van der Waals surface area contributed by atoms with Crippen LogP contribution in [0.5, 0.6) is 0 Å². The lowest BCUT2D eigenvalue weighted by molar-refractivity contribution is -0.148. The molecule has 1 saturated heterocycles. The summed E-state index contributed by atoms with van der Waals surface area (Å²) in [6.45, 7) is 2.46. The van der Waals surface area contributed by atoms with Crippen LogP contribution in [0.4, 0.5) is 0 Å². The normalized spacial score (nSPS) is 22.2. The van der Waals surface area contributed by atoms with Crippen molar-refractivity contribution in [1.29, 1.82) is 0 Å². The monoisotopic (exact) mass is 342 g/mol. The molecule has 0 aliphatic carbocycles. The number of aromatic nitrogens is 1. The predicted molar refractivity (Wildman–Crippen MR) is 78.7 cm³/mol. The number of halogens is 1. The number of carboxylic acid groups (broad SMARTS) is 1. The van der Waals surface area contributed by atoms with Gasteiger partial charge in [0, 0.05) is 24.3 Å². The van der Waals surface area contributed by atoms with Gasteiger partial charge in [-0.15, -0.1) is 0 Å². The Morgan fingerprint density at radius 1 is 1.50 bits per heavy atom. The Balaban J connectivity index is 2.37. The molecule has 1 aliphatic heterocycles. The molecule has 0 radical (unpaired) electrons. The molecule has 1 N–H and O–H groups in total. The smallest absolute Gasteiger partial charge is 0.329 e. The van der Waals surface area contributed by atoms with Gasteiger partial charge in [0.2, 0.25) is 0 Å². The fourth-order valence-corrected chi connectivity index (χ4v) is 3.58. The molecule has 1 aromatic rings. The average Bonchev–Trinajstić information content (AvgIpc) is 2.93. The van der Waals surface area contributed by atoms with Crippen molar-refractivity contribution >= 4 is 27.8 Å². The predicted octanol–water partition coefficient (Wildman–Crippen LogP) is 2.65. The third-order valence-corrected chi connectivity index (χ3v) is 4.42. The second kappa shape index (κ2) is 5.60. The van der Waals surface area contributed by atoms with Crippen molar-refractivity contribution in [2.45, 2.75) is 38.1 Å². The quantitative estimate of drug-likeness (QED) is 0.914. The van der Waals surface area contributed by atoms with Crippen molar-refractivity contribution in [2.24, 2.45) is 7.05 Å². The molecular weight excluding hydrogens is 324 g/mol. The number of carbonyl (C=O) groups excluding carboxylic acids is 1. The zero-order valence-corrected chi connectivity index (χ0v) is 13.3. The van der Waals surface area contributed by atoms with Gasteiger partial charge in [-0.3, -0.25) is 4.79 Å². The van der Waals surface area contributed by atoms with Crippen LogP contribution in [-0.2, 0) is 11.8 Å². The lowest BCUT2D eigenvalue weighted by atomic mass is 9.90. The molecule has 0 bridgehead atoms. The molecule has 0 aromatic carbocycles. The lowest BCUT2D eigenvalue weighted by Gasteiger charge is -2.34. The van der Waals surface area contributed by atoms with Crippen LogP contribution in [0.1, 0.15) is 43.1 Å². The van der Waals surface area contributed by atoms with Gasteiger partial charge in [0.15, 0.2) is 0 Å². The van der Waals surface area contributed by atoms with E-state index in [1.165, 1.54) is 0 Å². The van der Waals surface area contributed by atoms with Crippen molar-refractivity contribution < 1.29 is 14.7 Å². The fourth-order valence-electron chi connectivity index (χ4n) is 3.05. The van der Waals surface area contributed by atoms with Crippen molar-refractivity contribution in [3.05, 3.63) is 22.4 Å². The van der Waals surface area contributed by atoms with Crippen molar-refractivity contribution in [3.63, 3.8) is 0 Å². The molecule has 2 rings (SSSR count). The molecule has 1 atom stereocenters. The first-order valence-corrected chi connectivity index (χ1v) is 7.59. The molecule has 1 aromatic heterocycles. The maximum absolute atomic E-state index is 12.7. The van der Waals surface area contributed by atoms with Crippen LogP contribution in [0.25, 0.3) is 0 Å². The highest BCUT2D eigenvalue weighted by Crippen LogP contribution is 2.35. The molecule has 1 unspecified atom stereocenters. The summed E-state index contributed by atoms with van der Waals surface area (Å²) in [6, 6.07) is 1.74. The molecule has 1 amide bonds. The Bertz CT molecular complexity index is 541. The van der Waals surface area contributed by atoms with E-state index in [4.69, 9.17) is 0 Å². The molecule has 110 valence electrons. The molecule has 5 nitrogen and oxygen atoms in total. The minimum absolute atomic E-state index is 0.202. The van der Waals surface area contributed by atoms with Gasteiger partial charge in [-0.25, -0.2) is 4.79 Å². The minimum atomic E-state index is -1.04. The molecule has 0 saturated carbocycles. The van der Waals surface area contributed by atoms with Crippen LogP contribution >= 0.6 is 15.9 Å². The highest BCUT2D eigenvalue weighted by atomic mass is 79.9. The standard InChI is InChI=1S/C14H19BrN2O3/c1-3-5-14(13(19)20)6-4-7-17(14)12(18)11-8-10(15)9-16(11)2/h8-9H,3-7H2,1-2H3,(H,19,20). The van der Waals surface area contributed by atoms with Crippen molar-refractivity contribution in [3.8, 4) is 0 Å². The second-order valence-corrected chi connectivity index (χ2v) is 6.22. The van der Waals surface area contributed by atoms with Gasteiger partial charge in [0.05, 0.1) is 0 Å². The average molecular weight is 343 g/mol. The molecule has 1 aliphatic rings. The largest absolute Gasteiger partial charge is 0.479 e. The van der Waals surface area contributed by atoms with E-state index in [-0.39, 0.29) is 5.91 Å². The number of rotatable bonds is 4. The zero-order valence-electron chi connectivity index (χ0n) is 11.7. The van der Waals surface area contributed by atoms with Gasteiger partial charge in [0.25, 0.3) is 5.91 Å². The number of carboxylic acids is 1. The summed E-state index contributed by atoms with van der Waals surface area (Å²) in [7, 11) is 1.79. The maximum Gasteiger partial charge on any atom is 0.329 e. The molecule has 20 heavy (non-hydrogen) atoms. The van der Waals surface area contributed by atoms with Crippen LogP contribution in [0.15, 0.2) is 16.7 Å². The van der Waals surface area contributed by atoms with Gasteiger partial charge < -0.3 is 14.6 Å². The summed E-state index contributed by atoms with van der Waals surface area (Å²) in [5, 5.41) is 9.63. The number of carbonyl (C=O) groups is 2. The van der Waals surface area contributed by atoms with E-state index in [2.05, 4.69) is 15.9 Å². The number of amides is 1. The van der Waals surface area contributed by atoms with E-state index >= 15 is 0 Å². The molecule has 0 spiro atoms. The third-order valence-electron chi connectivity index (χ3n) is 3.99. The summed E-state index contributed by atoms with van der Waals surface area (Å²) in [6.07, 6.45) is 4.31. The fraction of sp³-hybridized carbons (Fsp3) is 0.571. The summed E-state index contributed by atoms with van der Waals surface area (Å²) in [5.41, 5.74) is -0.525. The number of nitrogens with zero attached hydrogens (tertiary/aromatic N) is 2. The van der Waals surface area contributed by atoms with Crippen molar-refractivity contribution in [1.82, 2.24) is 9.47 Å². The minimum Gasteiger partial charge on any atom is -0.479 e. The topological polar surface area (TPSA) is 62.5 Å². The van der Waals surface area contributed by atoms with Gasteiger partial charge in [-0.2, -0.15) is 0 Å². The Kier molecular flexibility index (Phi) is 4.22. The van der Waals surface area contributed by atoms with Crippen LogP contribution < -0.4 is 0 Å². The SMILES string of the molecule is CCCC1(C(=O)O)CCCN1C(=O)c1cc(Br)cn1C. The number of aliphatic carboxylic acids is 1. The van der Waals surface area contributed by atoms with Gasteiger partial charge in [-0.05, 0) is 41.3 Å². The first kappa shape index (κ1) is 15.1. The third kappa shape index (κ3) is 2.37. The van der Waals surface area contributed by atoms with E-state index in [1.807, 2.05) is 6.92 Å². The zero-order chi connectivity index (χ0) is 14.9. The van der Waals surface area contributed by atoms with Crippen LogP contribution in [0, 0.1) is 0 Å². The number of aryl methyl sites for hydroxylation is 1. The van der Waals surface area contributed by atoms with Crippen LogP contribution in [0.2, 0.25) is 0 Å². The van der Waals surface area contributed by atoms with E-state index < -0.39 is 11.5 Å². The van der Waals surface area contributed by atoms with Crippen LogP contribution in [-0.4, -0.2) is 38.5 Å². The number of hydrogen-bond acceptors (Lipinski definition) is 2. The summed E-state index contributed by atoms with van der Waals surface area (Å²) >= 11 is 3.34. The Labute approximate surface area is 126 Å². The molecule has 6 heteroatoms. The first-order valence-electron chi connectivity index (χ1n) is 6.79. The van der Waals surface area contributed by atoms with Crippen molar-refractivity contribution in [2.75, 3.05) is 6.54 Å².